The second kappa shape index (κ2) is 4.47. The number of fused-ring (bicyclic) bond motifs is 1. The Morgan fingerprint density at radius 3 is 2.71 bits per heavy atom. The first-order valence-electron chi connectivity index (χ1n) is 5.69. The minimum Gasteiger partial charge on any atom is -0.439 e. The van der Waals surface area contributed by atoms with Crippen molar-refractivity contribution >= 4 is 11.1 Å². The number of para-hydroxylation sites is 2. The average molecular weight is 234 g/mol. The van der Waals surface area contributed by atoms with Crippen LogP contribution in [0.2, 0.25) is 0 Å². The van der Waals surface area contributed by atoms with E-state index in [0.717, 1.165) is 11.1 Å². The maximum atomic E-state index is 9.71. The number of hydrogen-bond acceptors (Lipinski definition) is 4. The fraction of sp³-hybridized carbons (Fsp3) is 0.462. The number of rotatable bonds is 4. The van der Waals surface area contributed by atoms with E-state index < -0.39 is 5.60 Å². The summed E-state index contributed by atoms with van der Waals surface area (Å²) in [4.78, 5) is 6.38. The van der Waals surface area contributed by atoms with Crippen LogP contribution in [0.3, 0.4) is 0 Å². The fourth-order valence-corrected chi connectivity index (χ4v) is 1.93. The maximum Gasteiger partial charge on any atom is 0.209 e. The molecule has 2 rings (SSSR count). The highest BCUT2D eigenvalue weighted by molar-refractivity contribution is 5.72. The molecule has 0 atom stereocenters. The summed E-state index contributed by atoms with van der Waals surface area (Å²) in [5.41, 5.74) is 0.971. The number of benzene rings is 1. The molecule has 1 heterocycles. The standard InChI is InChI=1S/C13H18N2O2/c1-13(2,16)9-15(3)8-12-14-10-6-4-5-7-11(10)17-12/h4-7,16H,8-9H2,1-3H3. The van der Waals surface area contributed by atoms with Crippen molar-refractivity contribution in [2.45, 2.75) is 26.0 Å². The Bertz CT molecular complexity index is 466. The van der Waals surface area contributed by atoms with Crippen molar-refractivity contribution in [2.24, 2.45) is 0 Å². The lowest BCUT2D eigenvalue weighted by Gasteiger charge is -2.24. The van der Waals surface area contributed by atoms with E-state index in [0.29, 0.717) is 19.0 Å². The van der Waals surface area contributed by atoms with Gasteiger partial charge >= 0.3 is 0 Å². The molecular weight excluding hydrogens is 216 g/mol. The number of nitrogens with zero attached hydrogens (tertiary/aromatic N) is 2. The molecule has 0 amide bonds. The van der Waals surface area contributed by atoms with E-state index in [9.17, 15) is 5.11 Å². The first-order chi connectivity index (χ1) is 7.94. The van der Waals surface area contributed by atoms with E-state index in [4.69, 9.17) is 4.42 Å². The van der Waals surface area contributed by atoms with Crippen LogP contribution in [0.1, 0.15) is 19.7 Å². The van der Waals surface area contributed by atoms with Crippen molar-refractivity contribution < 1.29 is 9.52 Å². The van der Waals surface area contributed by atoms with Crippen molar-refractivity contribution in [3.05, 3.63) is 30.2 Å². The van der Waals surface area contributed by atoms with Crippen LogP contribution >= 0.6 is 0 Å². The minimum atomic E-state index is -0.708. The van der Waals surface area contributed by atoms with Gasteiger partial charge in [0.2, 0.25) is 5.89 Å². The van der Waals surface area contributed by atoms with Crippen LogP contribution in [-0.2, 0) is 6.54 Å². The number of aliphatic hydroxyl groups is 1. The Morgan fingerprint density at radius 2 is 2.06 bits per heavy atom. The number of hydrogen-bond donors (Lipinski definition) is 1. The molecule has 1 N–H and O–H groups in total. The third-order valence-corrected chi connectivity index (χ3v) is 2.40. The molecule has 0 saturated carbocycles. The van der Waals surface area contributed by atoms with Gasteiger partial charge in [-0.2, -0.15) is 0 Å². The molecule has 92 valence electrons. The molecule has 0 bridgehead atoms. The van der Waals surface area contributed by atoms with Crippen molar-refractivity contribution in [1.82, 2.24) is 9.88 Å². The zero-order valence-corrected chi connectivity index (χ0v) is 10.5. The molecule has 4 nitrogen and oxygen atoms in total. The van der Waals surface area contributed by atoms with Crippen LogP contribution < -0.4 is 0 Å². The molecule has 17 heavy (non-hydrogen) atoms. The normalized spacial score (nSPS) is 12.5. The molecular formula is C13H18N2O2. The predicted molar refractivity (Wildman–Crippen MR) is 66.6 cm³/mol. The average Bonchev–Trinajstić information content (AvgIpc) is 2.55. The second-order valence-electron chi connectivity index (χ2n) is 5.06. The van der Waals surface area contributed by atoms with Crippen LogP contribution in [0.15, 0.2) is 28.7 Å². The van der Waals surface area contributed by atoms with Crippen LogP contribution in [-0.4, -0.2) is 34.2 Å². The first-order valence-corrected chi connectivity index (χ1v) is 5.69. The summed E-state index contributed by atoms with van der Waals surface area (Å²) in [6, 6.07) is 7.70. The van der Waals surface area contributed by atoms with Gasteiger partial charge in [-0.1, -0.05) is 12.1 Å². The SMILES string of the molecule is CN(Cc1nc2ccccc2o1)CC(C)(C)O. The van der Waals surface area contributed by atoms with Crippen molar-refractivity contribution in [1.29, 1.82) is 0 Å². The molecule has 0 radical (unpaired) electrons. The van der Waals surface area contributed by atoms with Gasteiger partial charge in [0, 0.05) is 6.54 Å². The summed E-state index contributed by atoms with van der Waals surface area (Å²) in [7, 11) is 1.94. The van der Waals surface area contributed by atoms with Gasteiger partial charge in [0.15, 0.2) is 5.58 Å². The van der Waals surface area contributed by atoms with Crippen LogP contribution in [0.4, 0.5) is 0 Å². The van der Waals surface area contributed by atoms with Crippen LogP contribution in [0.5, 0.6) is 0 Å². The third kappa shape index (κ3) is 3.28. The Labute approximate surface area is 101 Å². The summed E-state index contributed by atoms with van der Waals surface area (Å²) in [5.74, 6) is 0.679. The van der Waals surface area contributed by atoms with Crippen molar-refractivity contribution in [3.63, 3.8) is 0 Å². The van der Waals surface area contributed by atoms with Gasteiger partial charge < -0.3 is 9.52 Å². The number of likely N-dealkylation sites (N-methyl/N-ethyl adjacent to an activating group) is 1. The van der Waals surface area contributed by atoms with Gasteiger partial charge in [0.05, 0.1) is 12.1 Å². The molecule has 0 fully saturated rings. The van der Waals surface area contributed by atoms with E-state index in [1.54, 1.807) is 13.8 Å². The highest BCUT2D eigenvalue weighted by Gasteiger charge is 2.17. The van der Waals surface area contributed by atoms with Gasteiger partial charge in [0.25, 0.3) is 0 Å². The van der Waals surface area contributed by atoms with E-state index in [2.05, 4.69) is 4.98 Å². The van der Waals surface area contributed by atoms with Gasteiger partial charge in [-0.15, -0.1) is 0 Å². The van der Waals surface area contributed by atoms with Crippen LogP contribution in [0.25, 0.3) is 11.1 Å². The number of aromatic nitrogens is 1. The zero-order chi connectivity index (χ0) is 12.5. The molecule has 0 aliphatic rings. The van der Waals surface area contributed by atoms with Gasteiger partial charge in [-0.05, 0) is 33.0 Å². The van der Waals surface area contributed by atoms with E-state index in [1.807, 2.05) is 36.2 Å². The molecule has 4 heteroatoms. The van der Waals surface area contributed by atoms with Gasteiger partial charge in [0.1, 0.15) is 5.52 Å². The molecule has 0 aliphatic heterocycles. The molecule has 0 unspecified atom stereocenters. The predicted octanol–water partition coefficient (Wildman–Crippen LogP) is 2.03. The molecule has 1 aromatic carbocycles. The summed E-state index contributed by atoms with van der Waals surface area (Å²) in [6.45, 7) is 4.75. The Balaban J connectivity index is 2.08. The summed E-state index contributed by atoms with van der Waals surface area (Å²) in [5, 5.41) is 9.71. The topological polar surface area (TPSA) is 49.5 Å². The molecule has 0 spiro atoms. The first kappa shape index (κ1) is 12.1. The highest BCUT2D eigenvalue weighted by atomic mass is 16.3. The van der Waals surface area contributed by atoms with E-state index in [-0.39, 0.29) is 0 Å². The maximum absolute atomic E-state index is 9.71. The Morgan fingerprint density at radius 1 is 1.35 bits per heavy atom. The van der Waals surface area contributed by atoms with E-state index in [1.165, 1.54) is 0 Å². The second-order valence-corrected chi connectivity index (χ2v) is 5.06. The van der Waals surface area contributed by atoms with Crippen LogP contribution in [0, 0.1) is 0 Å². The van der Waals surface area contributed by atoms with Gasteiger partial charge in [-0.3, -0.25) is 4.90 Å². The zero-order valence-electron chi connectivity index (χ0n) is 10.5. The molecule has 2 aromatic rings. The molecule has 0 aliphatic carbocycles. The van der Waals surface area contributed by atoms with Gasteiger partial charge in [-0.25, -0.2) is 4.98 Å². The highest BCUT2D eigenvalue weighted by Crippen LogP contribution is 2.16. The lowest BCUT2D eigenvalue weighted by atomic mass is 10.1. The Hall–Kier alpha value is -1.39. The third-order valence-electron chi connectivity index (χ3n) is 2.40. The largest absolute Gasteiger partial charge is 0.439 e. The number of oxazole rings is 1. The smallest absolute Gasteiger partial charge is 0.209 e. The van der Waals surface area contributed by atoms with Crippen molar-refractivity contribution in [2.75, 3.05) is 13.6 Å². The molecule has 0 saturated heterocycles. The minimum absolute atomic E-state index is 0.575. The molecule has 1 aromatic heterocycles. The lowest BCUT2D eigenvalue weighted by Crippen LogP contribution is -2.35. The Kier molecular flexibility index (Phi) is 3.17. The summed E-state index contributed by atoms with van der Waals surface area (Å²) < 4.78 is 5.62. The van der Waals surface area contributed by atoms with E-state index >= 15 is 0 Å². The quantitative estimate of drug-likeness (QED) is 0.879. The lowest BCUT2D eigenvalue weighted by molar-refractivity contribution is 0.0404. The van der Waals surface area contributed by atoms with Crippen molar-refractivity contribution in [3.8, 4) is 0 Å². The summed E-state index contributed by atoms with van der Waals surface area (Å²) >= 11 is 0. The fourth-order valence-electron chi connectivity index (χ4n) is 1.93. The summed E-state index contributed by atoms with van der Waals surface area (Å²) in [6.07, 6.45) is 0. The monoisotopic (exact) mass is 234 g/mol.